The normalized spacial score (nSPS) is 10.9. The number of nitrogens with one attached hydrogen (secondary N) is 3. The molecule has 3 rings (SSSR count). The summed E-state index contributed by atoms with van der Waals surface area (Å²) in [5.74, 6) is 0. The van der Waals surface area contributed by atoms with Crippen LogP contribution >= 0.6 is 15.9 Å². The number of hydrogen-bond donors (Lipinski definition) is 3. The third-order valence-corrected chi connectivity index (χ3v) is 5.38. The highest BCUT2D eigenvalue weighted by atomic mass is 79.9. The van der Waals surface area contributed by atoms with E-state index in [1.54, 1.807) is 48.5 Å². The lowest BCUT2D eigenvalue weighted by Crippen LogP contribution is -2.19. The fourth-order valence-electron chi connectivity index (χ4n) is 2.32. The molecule has 0 spiro atoms. The number of carbonyl (C=O) groups excluding carboxylic acids is 1. The Balaban J connectivity index is 1.71. The number of anilines is 3. The van der Waals surface area contributed by atoms with Gasteiger partial charge < -0.3 is 10.6 Å². The largest absolute Gasteiger partial charge is 0.323 e. The second-order valence-corrected chi connectivity index (χ2v) is 8.19. The molecule has 0 aliphatic heterocycles. The smallest absolute Gasteiger partial charge is 0.308 e. The molecule has 2 amide bonds. The first-order chi connectivity index (χ1) is 12.9. The van der Waals surface area contributed by atoms with Gasteiger partial charge in [-0.2, -0.15) is 0 Å². The minimum atomic E-state index is -3.74. The molecule has 0 aliphatic rings. The molecule has 0 unspecified atom stereocenters. The standard InChI is InChI=1S/C19H16BrN3O3S/c20-14-6-4-11-18(12-14)27(25,26)23-17-10-5-9-16(13-17)22-19(24)21-15-7-2-1-3-8-15/h1-13,23H,(H2,21,22,24). The average molecular weight is 446 g/mol. The predicted molar refractivity (Wildman–Crippen MR) is 110 cm³/mol. The zero-order valence-corrected chi connectivity index (χ0v) is 16.4. The van der Waals surface area contributed by atoms with Crippen molar-refractivity contribution in [1.29, 1.82) is 0 Å². The molecular weight excluding hydrogens is 430 g/mol. The number of amides is 2. The summed E-state index contributed by atoms with van der Waals surface area (Å²) in [6.45, 7) is 0. The van der Waals surface area contributed by atoms with E-state index in [0.29, 0.717) is 21.5 Å². The Labute approximate surface area is 165 Å². The molecule has 3 N–H and O–H groups in total. The molecule has 0 aliphatic carbocycles. The van der Waals surface area contributed by atoms with Gasteiger partial charge in [-0.15, -0.1) is 0 Å². The van der Waals surface area contributed by atoms with Crippen LogP contribution in [0.3, 0.4) is 0 Å². The van der Waals surface area contributed by atoms with Crippen LogP contribution < -0.4 is 15.4 Å². The van der Waals surface area contributed by atoms with Gasteiger partial charge in [0.05, 0.1) is 10.6 Å². The Morgan fingerprint density at radius 1 is 0.741 bits per heavy atom. The summed E-state index contributed by atoms with van der Waals surface area (Å²) < 4.78 is 28.2. The zero-order chi connectivity index (χ0) is 19.3. The molecule has 138 valence electrons. The van der Waals surface area contributed by atoms with E-state index in [4.69, 9.17) is 0 Å². The van der Waals surface area contributed by atoms with Gasteiger partial charge in [0.2, 0.25) is 0 Å². The SMILES string of the molecule is O=C(Nc1ccccc1)Nc1cccc(NS(=O)(=O)c2cccc(Br)c2)c1. The van der Waals surface area contributed by atoms with E-state index in [2.05, 4.69) is 31.3 Å². The van der Waals surface area contributed by atoms with Crippen molar-refractivity contribution in [3.8, 4) is 0 Å². The molecule has 3 aromatic carbocycles. The van der Waals surface area contributed by atoms with Gasteiger partial charge in [-0.25, -0.2) is 13.2 Å². The molecule has 0 atom stereocenters. The molecule has 0 saturated carbocycles. The van der Waals surface area contributed by atoms with Crippen LogP contribution in [0.2, 0.25) is 0 Å². The summed E-state index contributed by atoms with van der Waals surface area (Å²) in [5, 5.41) is 5.37. The van der Waals surface area contributed by atoms with Crippen molar-refractivity contribution in [2.45, 2.75) is 4.90 Å². The average Bonchev–Trinajstić information content (AvgIpc) is 2.62. The topological polar surface area (TPSA) is 87.3 Å². The molecule has 8 heteroatoms. The lowest BCUT2D eigenvalue weighted by Gasteiger charge is -2.11. The Kier molecular flexibility index (Phi) is 5.78. The van der Waals surface area contributed by atoms with Crippen LogP contribution in [-0.2, 0) is 10.0 Å². The summed E-state index contributed by atoms with van der Waals surface area (Å²) in [5.41, 5.74) is 1.45. The highest BCUT2D eigenvalue weighted by molar-refractivity contribution is 9.10. The summed E-state index contributed by atoms with van der Waals surface area (Å²) in [4.78, 5) is 12.2. The fraction of sp³-hybridized carbons (Fsp3) is 0. The van der Waals surface area contributed by atoms with Crippen LogP contribution in [0.25, 0.3) is 0 Å². The molecule has 0 bridgehead atoms. The van der Waals surface area contributed by atoms with Gasteiger partial charge in [0, 0.05) is 15.8 Å². The maximum absolute atomic E-state index is 12.5. The quantitative estimate of drug-likeness (QED) is 0.521. The summed E-state index contributed by atoms with van der Waals surface area (Å²) in [6.07, 6.45) is 0. The van der Waals surface area contributed by atoms with E-state index in [9.17, 15) is 13.2 Å². The van der Waals surface area contributed by atoms with E-state index >= 15 is 0 Å². The highest BCUT2D eigenvalue weighted by Crippen LogP contribution is 2.21. The molecular formula is C19H16BrN3O3S. The maximum atomic E-state index is 12.5. The van der Waals surface area contributed by atoms with Gasteiger partial charge in [-0.3, -0.25) is 4.72 Å². The third-order valence-electron chi connectivity index (χ3n) is 3.51. The number of benzene rings is 3. The van der Waals surface area contributed by atoms with E-state index < -0.39 is 16.1 Å². The Morgan fingerprint density at radius 2 is 1.37 bits per heavy atom. The van der Waals surface area contributed by atoms with Crippen molar-refractivity contribution < 1.29 is 13.2 Å². The van der Waals surface area contributed by atoms with Gasteiger partial charge in [0.25, 0.3) is 10.0 Å². The van der Waals surface area contributed by atoms with Crippen molar-refractivity contribution in [1.82, 2.24) is 0 Å². The first-order valence-electron chi connectivity index (χ1n) is 7.94. The number of para-hydroxylation sites is 1. The summed E-state index contributed by atoms with van der Waals surface area (Å²) in [7, 11) is -3.74. The molecule has 0 heterocycles. The van der Waals surface area contributed by atoms with Crippen LogP contribution in [0, 0.1) is 0 Å². The Bertz CT molecular complexity index is 1060. The number of rotatable bonds is 5. The van der Waals surface area contributed by atoms with Gasteiger partial charge >= 0.3 is 6.03 Å². The predicted octanol–water partition coefficient (Wildman–Crippen LogP) is 4.89. The Morgan fingerprint density at radius 3 is 2.11 bits per heavy atom. The van der Waals surface area contributed by atoms with Gasteiger partial charge in [0.15, 0.2) is 0 Å². The number of halogens is 1. The molecule has 0 radical (unpaired) electrons. The minimum Gasteiger partial charge on any atom is -0.308 e. The van der Waals surface area contributed by atoms with E-state index in [1.165, 1.54) is 12.1 Å². The first kappa shape index (κ1) is 18.9. The molecule has 0 aromatic heterocycles. The highest BCUT2D eigenvalue weighted by Gasteiger charge is 2.14. The van der Waals surface area contributed by atoms with E-state index in [0.717, 1.165) is 0 Å². The molecule has 0 fully saturated rings. The second-order valence-electron chi connectivity index (χ2n) is 5.59. The molecule has 3 aromatic rings. The lowest BCUT2D eigenvalue weighted by molar-refractivity contribution is 0.262. The minimum absolute atomic E-state index is 0.136. The van der Waals surface area contributed by atoms with Crippen molar-refractivity contribution >= 4 is 49.0 Å². The third kappa shape index (κ3) is 5.32. The summed E-state index contributed by atoms with van der Waals surface area (Å²) >= 11 is 3.26. The number of hydrogen-bond acceptors (Lipinski definition) is 3. The number of carbonyl (C=O) groups is 1. The van der Waals surface area contributed by atoms with Crippen LogP contribution in [0.5, 0.6) is 0 Å². The Hall–Kier alpha value is -2.84. The summed E-state index contributed by atoms with van der Waals surface area (Å²) in [6, 6.07) is 21.5. The number of sulfonamides is 1. The molecule has 0 saturated heterocycles. The van der Waals surface area contributed by atoms with Crippen LogP contribution in [0.15, 0.2) is 88.2 Å². The first-order valence-corrected chi connectivity index (χ1v) is 10.2. The van der Waals surface area contributed by atoms with Crippen molar-refractivity contribution in [2.75, 3.05) is 15.4 Å². The second kappa shape index (κ2) is 8.24. The van der Waals surface area contributed by atoms with E-state index in [-0.39, 0.29) is 4.90 Å². The number of urea groups is 1. The van der Waals surface area contributed by atoms with Crippen molar-refractivity contribution in [3.63, 3.8) is 0 Å². The van der Waals surface area contributed by atoms with Gasteiger partial charge in [0.1, 0.15) is 0 Å². The van der Waals surface area contributed by atoms with Crippen LogP contribution in [0.1, 0.15) is 0 Å². The van der Waals surface area contributed by atoms with Gasteiger partial charge in [-0.1, -0.05) is 46.3 Å². The molecule has 6 nitrogen and oxygen atoms in total. The molecule has 27 heavy (non-hydrogen) atoms. The van der Waals surface area contributed by atoms with E-state index in [1.807, 2.05) is 18.2 Å². The monoisotopic (exact) mass is 445 g/mol. The maximum Gasteiger partial charge on any atom is 0.323 e. The van der Waals surface area contributed by atoms with Crippen LogP contribution in [-0.4, -0.2) is 14.4 Å². The lowest BCUT2D eigenvalue weighted by atomic mass is 10.3. The van der Waals surface area contributed by atoms with Crippen molar-refractivity contribution in [2.24, 2.45) is 0 Å². The fourth-order valence-corrected chi connectivity index (χ4v) is 3.97. The zero-order valence-electron chi connectivity index (χ0n) is 14.0. The van der Waals surface area contributed by atoms with Crippen molar-refractivity contribution in [3.05, 3.63) is 83.3 Å². The van der Waals surface area contributed by atoms with Crippen LogP contribution in [0.4, 0.5) is 21.9 Å². The van der Waals surface area contributed by atoms with Gasteiger partial charge in [-0.05, 0) is 48.5 Å².